The first kappa shape index (κ1) is 18.3. The number of carbonyl (C=O) groups is 2. The summed E-state index contributed by atoms with van der Waals surface area (Å²) in [5.41, 5.74) is 0. The van der Waals surface area contributed by atoms with Gasteiger partial charge in [0.15, 0.2) is 0 Å². The van der Waals surface area contributed by atoms with Crippen molar-refractivity contribution in [2.45, 2.75) is 32.2 Å². The maximum atomic E-state index is 12.2. The third-order valence-electron chi connectivity index (χ3n) is 3.89. The minimum atomic E-state index is -0.514. The van der Waals surface area contributed by atoms with Gasteiger partial charge in [-0.25, -0.2) is 0 Å². The van der Waals surface area contributed by atoms with Crippen LogP contribution >= 0.6 is 0 Å². The van der Waals surface area contributed by atoms with Crippen LogP contribution in [0.2, 0.25) is 0 Å². The molecule has 6 heteroatoms. The van der Waals surface area contributed by atoms with E-state index in [0.29, 0.717) is 13.2 Å². The second kappa shape index (κ2) is 9.93. The largest absolute Gasteiger partial charge is 0.491 e. The third kappa shape index (κ3) is 6.20. The van der Waals surface area contributed by atoms with E-state index in [4.69, 9.17) is 9.47 Å². The van der Waals surface area contributed by atoms with Crippen LogP contribution in [0.25, 0.3) is 0 Å². The van der Waals surface area contributed by atoms with Crippen LogP contribution in [0.4, 0.5) is 0 Å². The molecule has 0 aliphatic carbocycles. The molecule has 1 aromatic carbocycles. The maximum Gasteiger partial charge on any atom is 0.246 e. The smallest absolute Gasteiger partial charge is 0.246 e. The number of hydrogen-bond donors (Lipinski definition) is 1. The average molecular weight is 334 g/mol. The molecule has 1 aliphatic heterocycles. The summed E-state index contributed by atoms with van der Waals surface area (Å²) in [6.07, 6.45) is 3.25. The molecule has 0 radical (unpaired) electrons. The molecule has 1 heterocycles. The van der Waals surface area contributed by atoms with Crippen molar-refractivity contribution in [1.82, 2.24) is 10.2 Å². The van der Waals surface area contributed by atoms with Crippen molar-refractivity contribution in [2.75, 3.05) is 32.9 Å². The van der Waals surface area contributed by atoms with Crippen LogP contribution < -0.4 is 10.1 Å². The zero-order valence-corrected chi connectivity index (χ0v) is 14.2. The van der Waals surface area contributed by atoms with Crippen molar-refractivity contribution in [2.24, 2.45) is 0 Å². The molecule has 1 fully saturated rings. The quantitative estimate of drug-likeness (QED) is 0.733. The summed E-state index contributed by atoms with van der Waals surface area (Å²) < 4.78 is 10.8. The normalized spacial score (nSPS) is 15.6. The highest BCUT2D eigenvalue weighted by Crippen LogP contribution is 2.10. The average Bonchev–Trinajstić information content (AvgIpc) is 2.62. The molecule has 132 valence electrons. The first-order valence-electron chi connectivity index (χ1n) is 8.50. The zero-order valence-electron chi connectivity index (χ0n) is 14.2. The number of benzene rings is 1. The Balaban J connectivity index is 1.57. The Kier molecular flexibility index (Phi) is 7.55. The number of carbonyl (C=O) groups excluding carboxylic acids is 2. The number of para-hydroxylation sites is 1. The van der Waals surface area contributed by atoms with Crippen molar-refractivity contribution >= 4 is 11.8 Å². The van der Waals surface area contributed by atoms with Crippen LogP contribution in [0, 0.1) is 0 Å². The number of ether oxygens (including phenoxy) is 2. The van der Waals surface area contributed by atoms with E-state index in [1.807, 2.05) is 35.2 Å². The molecule has 1 aromatic rings. The fourth-order valence-electron chi connectivity index (χ4n) is 2.63. The van der Waals surface area contributed by atoms with Crippen molar-refractivity contribution in [1.29, 1.82) is 0 Å². The minimum Gasteiger partial charge on any atom is -0.491 e. The molecule has 0 bridgehead atoms. The summed E-state index contributed by atoms with van der Waals surface area (Å²) >= 11 is 0. The molecule has 1 aliphatic rings. The summed E-state index contributed by atoms with van der Waals surface area (Å²) in [7, 11) is 0. The van der Waals surface area contributed by atoms with Crippen molar-refractivity contribution in [3.63, 3.8) is 0 Å². The number of amides is 2. The lowest BCUT2D eigenvalue weighted by Crippen LogP contribution is -2.49. The van der Waals surface area contributed by atoms with Crippen molar-refractivity contribution < 1.29 is 19.1 Å². The Morgan fingerprint density at radius 3 is 2.54 bits per heavy atom. The van der Waals surface area contributed by atoms with Crippen molar-refractivity contribution in [3.05, 3.63) is 30.3 Å². The van der Waals surface area contributed by atoms with Gasteiger partial charge in [-0.2, -0.15) is 0 Å². The Bertz CT molecular complexity index is 515. The lowest BCUT2D eigenvalue weighted by Gasteiger charge is -2.29. The van der Waals surface area contributed by atoms with Gasteiger partial charge in [0, 0.05) is 13.1 Å². The van der Waals surface area contributed by atoms with E-state index < -0.39 is 6.04 Å². The lowest BCUT2D eigenvalue weighted by molar-refractivity contribution is -0.137. The van der Waals surface area contributed by atoms with Crippen LogP contribution in [0.1, 0.15) is 26.2 Å². The topological polar surface area (TPSA) is 67.9 Å². The van der Waals surface area contributed by atoms with E-state index >= 15 is 0 Å². The molecular weight excluding hydrogens is 308 g/mol. The molecule has 1 atom stereocenters. The number of likely N-dealkylation sites (tertiary alicyclic amines) is 1. The molecule has 2 rings (SSSR count). The van der Waals surface area contributed by atoms with Crippen LogP contribution in [-0.4, -0.2) is 55.7 Å². The minimum absolute atomic E-state index is 0.0181. The molecule has 6 nitrogen and oxygen atoms in total. The second-order valence-electron chi connectivity index (χ2n) is 5.89. The standard InChI is InChI=1S/C18H26N2O4/c1-15(18(22)20-10-6-3-7-11-20)19-17(21)14-23-12-13-24-16-8-4-2-5-9-16/h2,4-5,8-9,15H,3,6-7,10-14H2,1H3,(H,19,21). The van der Waals surface area contributed by atoms with E-state index in [1.165, 1.54) is 6.42 Å². The van der Waals surface area contributed by atoms with E-state index in [2.05, 4.69) is 5.32 Å². The van der Waals surface area contributed by atoms with E-state index in [1.54, 1.807) is 6.92 Å². The SMILES string of the molecule is CC(NC(=O)COCCOc1ccccc1)C(=O)N1CCCCC1. The molecule has 0 spiro atoms. The molecule has 1 saturated heterocycles. The van der Waals surface area contributed by atoms with Gasteiger partial charge in [0.25, 0.3) is 0 Å². The Hall–Kier alpha value is -2.08. The van der Waals surface area contributed by atoms with Gasteiger partial charge in [-0.3, -0.25) is 9.59 Å². The van der Waals surface area contributed by atoms with Gasteiger partial charge in [-0.15, -0.1) is 0 Å². The lowest BCUT2D eigenvalue weighted by atomic mass is 10.1. The van der Waals surface area contributed by atoms with Gasteiger partial charge < -0.3 is 19.7 Å². The van der Waals surface area contributed by atoms with Crippen LogP contribution in [0.5, 0.6) is 5.75 Å². The van der Waals surface area contributed by atoms with Crippen LogP contribution in [0.3, 0.4) is 0 Å². The fraction of sp³-hybridized carbons (Fsp3) is 0.556. The fourth-order valence-corrected chi connectivity index (χ4v) is 2.63. The molecule has 0 aromatic heterocycles. The van der Waals surface area contributed by atoms with Gasteiger partial charge in [0.1, 0.15) is 25.0 Å². The maximum absolute atomic E-state index is 12.2. The number of piperidine rings is 1. The molecule has 24 heavy (non-hydrogen) atoms. The molecule has 1 unspecified atom stereocenters. The van der Waals surface area contributed by atoms with E-state index in [9.17, 15) is 9.59 Å². The summed E-state index contributed by atoms with van der Waals surface area (Å²) in [5.74, 6) is 0.467. The Morgan fingerprint density at radius 2 is 1.83 bits per heavy atom. The number of hydrogen-bond acceptors (Lipinski definition) is 4. The van der Waals surface area contributed by atoms with Crippen molar-refractivity contribution in [3.8, 4) is 5.75 Å². The monoisotopic (exact) mass is 334 g/mol. The highest BCUT2D eigenvalue weighted by atomic mass is 16.5. The van der Waals surface area contributed by atoms with E-state index in [-0.39, 0.29) is 18.4 Å². The first-order valence-corrected chi connectivity index (χ1v) is 8.50. The number of rotatable bonds is 8. The third-order valence-corrected chi connectivity index (χ3v) is 3.89. The van der Waals surface area contributed by atoms with Gasteiger partial charge >= 0.3 is 0 Å². The van der Waals surface area contributed by atoms with Gasteiger partial charge in [-0.1, -0.05) is 18.2 Å². The highest BCUT2D eigenvalue weighted by molar-refractivity contribution is 5.87. The van der Waals surface area contributed by atoms with Gasteiger partial charge in [-0.05, 0) is 38.3 Å². The zero-order chi connectivity index (χ0) is 17.2. The summed E-state index contributed by atoms with van der Waals surface area (Å²) in [6, 6.07) is 8.91. The van der Waals surface area contributed by atoms with E-state index in [0.717, 1.165) is 31.7 Å². The Morgan fingerprint density at radius 1 is 1.12 bits per heavy atom. The number of nitrogens with zero attached hydrogens (tertiary/aromatic N) is 1. The molecular formula is C18H26N2O4. The van der Waals surface area contributed by atoms with Crippen LogP contribution in [-0.2, 0) is 14.3 Å². The summed E-state index contributed by atoms with van der Waals surface area (Å²) in [5, 5.41) is 2.69. The van der Waals surface area contributed by atoms with Gasteiger partial charge in [0.2, 0.25) is 11.8 Å². The van der Waals surface area contributed by atoms with Crippen LogP contribution in [0.15, 0.2) is 30.3 Å². The predicted octanol–water partition coefficient (Wildman–Crippen LogP) is 1.60. The molecule has 0 saturated carbocycles. The summed E-state index contributed by atoms with van der Waals surface area (Å²) in [6.45, 7) is 3.90. The second-order valence-corrected chi connectivity index (χ2v) is 5.89. The first-order chi connectivity index (χ1) is 11.7. The predicted molar refractivity (Wildman–Crippen MR) is 90.8 cm³/mol. The molecule has 2 amide bonds. The Labute approximate surface area is 143 Å². The molecule has 1 N–H and O–H groups in total. The summed E-state index contributed by atoms with van der Waals surface area (Å²) in [4.78, 5) is 25.9. The van der Waals surface area contributed by atoms with Gasteiger partial charge in [0.05, 0.1) is 6.61 Å². The highest BCUT2D eigenvalue weighted by Gasteiger charge is 2.23. The number of nitrogens with one attached hydrogen (secondary N) is 1.